The minimum atomic E-state index is 1.19. The van der Waals surface area contributed by atoms with Crippen LogP contribution in [0.3, 0.4) is 0 Å². The third-order valence-corrected chi connectivity index (χ3v) is 7.27. The molecule has 0 N–H and O–H groups in total. The molecule has 158 valence electrons. The topological polar surface area (TPSA) is 9.34 Å². The molecule has 0 spiro atoms. The van der Waals surface area contributed by atoms with Crippen LogP contribution in [0.4, 0.5) is 0 Å². The number of hydrogen-bond acceptors (Lipinski definition) is 0. The van der Waals surface area contributed by atoms with Gasteiger partial charge in [-0.1, -0.05) is 84.9 Å². The lowest BCUT2D eigenvalue weighted by Crippen LogP contribution is -1.94. The lowest BCUT2D eigenvalue weighted by atomic mass is 9.99. The van der Waals surface area contributed by atoms with E-state index in [1.807, 2.05) is 0 Å². The van der Waals surface area contributed by atoms with Crippen molar-refractivity contribution in [2.75, 3.05) is 0 Å². The quantitative estimate of drug-likeness (QED) is 0.230. The number of para-hydroxylation sites is 3. The Morgan fingerprint density at radius 2 is 1.09 bits per heavy atom. The highest BCUT2D eigenvalue weighted by Gasteiger charge is 2.19. The molecule has 0 aliphatic carbocycles. The van der Waals surface area contributed by atoms with Gasteiger partial charge in [-0.25, -0.2) is 0 Å². The first-order chi connectivity index (χ1) is 16.9. The molecular formula is C32H20N2. The summed E-state index contributed by atoms with van der Waals surface area (Å²) in [6.07, 6.45) is 2.29. The Kier molecular flexibility index (Phi) is 3.42. The van der Waals surface area contributed by atoms with E-state index in [-0.39, 0.29) is 0 Å². The molecule has 0 bridgehead atoms. The van der Waals surface area contributed by atoms with E-state index >= 15 is 0 Å². The van der Waals surface area contributed by atoms with E-state index in [0.717, 1.165) is 0 Å². The van der Waals surface area contributed by atoms with Crippen LogP contribution in [0.1, 0.15) is 0 Å². The SMILES string of the molecule is c1ccc(-n2c3ccccc3c3c4c(ccc32)c2ccccc2n2cc3ccccc3c42)cc1. The molecule has 8 rings (SSSR count). The maximum atomic E-state index is 2.40. The number of aromatic nitrogens is 2. The fraction of sp³-hybridized carbons (Fsp3) is 0. The normalized spacial score (nSPS) is 12.1. The van der Waals surface area contributed by atoms with Crippen LogP contribution in [0.25, 0.3) is 65.5 Å². The van der Waals surface area contributed by atoms with Crippen molar-refractivity contribution >= 4 is 59.8 Å². The Morgan fingerprint density at radius 3 is 1.94 bits per heavy atom. The van der Waals surface area contributed by atoms with Crippen LogP contribution < -0.4 is 0 Å². The third kappa shape index (κ3) is 2.20. The first-order valence-corrected chi connectivity index (χ1v) is 11.7. The van der Waals surface area contributed by atoms with E-state index < -0.39 is 0 Å². The predicted molar refractivity (Wildman–Crippen MR) is 144 cm³/mol. The molecule has 2 nitrogen and oxygen atoms in total. The monoisotopic (exact) mass is 432 g/mol. The minimum absolute atomic E-state index is 1.19. The second-order valence-corrected chi connectivity index (χ2v) is 9.02. The summed E-state index contributed by atoms with van der Waals surface area (Å²) in [5, 5.41) is 9.07. The van der Waals surface area contributed by atoms with Crippen molar-refractivity contribution in [3.8, 4) is 5.69 Å². The van der Waals surface area contributed by atoms with Gasteiger partial charge in [0.2, 0.25) is 0 Å². The van der Waals surface area contributed by atoms with Crippen LogP contribution in [0.15, 0.2) is 121 Å². The molecule has 0 amide bonds. The lowest BCUT2D eigenvalue weighted by Gasteiger charge is -2.12. The molecular weight excluding hydrogens is 412 g/mol. The van der Waals surface area contributed by atoms with Gasteiger partial charge in [0.25, 0.3) is 0 Å². The van der Waals surface area contributed by atoms with Gasteiger partial charge >= 0.3 is 0 Å². The Balaban J connectivity index is 1.74. The van der Waals surface area contributed by atoms with E-state index in [1.54, 1.807) is 0 Å². The predicted octanol–water partition coefficient (Wildman–Crippen LogP) is 8.50. The van der Waals surface area contributed by atoms with Gasteiger partial charge in [-0.2, -0.15) is 0 Å². The van der Waals surface area contributed by atoms with Crippen molar-refractivity contribution in [3.63, 3.8) is 0 Å². The zero-order chi connectivity index (χ0) is 22.2. The van der Waals surface area contributed by atoms with Gasteiger partial charge in [-0.05, 0) is 35.7 Å². The molecule has 5 aromatic carbocycles. The van der Waals surface area contributed by atoms with Gasteiger partial charge in [-0.3, -0.25) is 0 Å². The number of pyridine rings is 1. The standard InChI is InChI=1S/C32H20N2/c1-2-11-22(12-3-1)34-28-17-9-7-15-26(28)30-29(34)19-18-25-24-14-6-8-16-27(24)33-20-21-10-4-5-13-23(21)32(33)31(25)30/h1-20H. The molecule has 0 aliphatic heterocycles. The van der Waals surface area contributed by atoms with Crippen molar-refractivity contribution < 1.29 is 0 Å². The number of nitrogens with zero attached hydrogens (tertiary/aromatic N) is 2. The van der Waals surface area contributed by atoms with E-state index in [1.165, 1.54) is 65.5 Å². The lowest BCUT2D eigenvalue weighted by molar-refractivity contribution is 1.18. The maximum Gasteiger partial charge on any atom is 0.0620 e. The molecule has 34 heavy (non-hydrogen) atoms. The molecule has 0 aliphatic rings. The van der Waals surface area contributed by atoms with Crippen molar-refractivity contribution in [1.82, 2.24) is 8.97 Å². The Hall–Kier alpha value is -4.56. The van der Waals surface area contributed by atoms with Crippen LogP contribution in [-0.4, -0.2) is 8.97 Å². The zero-order valence-electron chi connectivity index (χ0n) is 18.4. The minimum Gasteiger partial charge on any atom is -0.315 e. The first-order valence-electron chi connectivity index (χ1n) is 11.7. The summed E-state index contributed by atoms with van der Waals surface area (Å²) in [5.74, 6) is 0. The van der Waals surface area contributed by atoms with Gasteiger partial charge in [0.15, 0.2) is 0 Å². The van der Waals surface area contributed by atoms with Crippen molar-refractivity contribution in [3.05, 3.63) is 121 Å². The van der Waals surface area contributed by atoms with E-state index in [2.05, 4.69) is 130 Å². The van der Waals surface area contributed by atoms with Crippen molar-refractivity contribution in [2.45, 2.75) is 0 Å². The highest BCUT2D eigenvalue weighted by atomic mass is 15.0. The fourth-order valence-corrected chi connectivity index (χ4v) is 5.90. The summed E-state index contributed by atoms with van der Waals surface area (Å²) in [6.45, 7) is 0. The van der Waals surface area contributed by atoms with Crippen molar-refractivity contribution in [1.29, 1.82) is 0 Å². The highest BCUT2D eigenvalue weighted by Crippen LogP contribution is 2.43. The Labute approximate surface area is 195 Å². The summed E-state index contributed by atoms with van der Waals surface area (Å²) >= 11 is 0. The van der Waals surface area contributed by atoms with Gasteiger partial charge in [0.1, 0.15) is 0 Å². The molecule has 3 aromatic heterocycles. The van der Waals surface area contributed by atoms with E-state index in [0.29, 0.717) is 0 Å². The van der Waals surface area contributed by atoms with Crippen LogP contribution in [0.2, 0.25) is 0 Å². The van der Waals surface area contributed by atoms with Crippen LogP contribution in [0.5, 0.6) is 0 Å². The van der Waals surface area contributed by atoms with Gasteiger partial charge in [0.05, 0.1) is 22.1 Å². The second-order valence-electron chi connectivity index (χ2n) is 9.02. The smallest absolute Gasteiger partial charge is 0.0620 e. The highest BCUT2D eigenvalue weighted by molar-refractivity contribution is 6.32. The average molecular weight is 433 g/mol. The zero-order valence-corrected chi connectivity index (χ0v) is 18.4. The Morgan fingerprint density at radius 1 is 0.412 bits per heavy atom. The fourth-order valence-electron chi connectivity index (χ4n) is 5.90. The van der Waals surface area contributed by atoms with Crippen molar-refractivity contribution in [2.24, 2.45) is 0 Å². The summed E-state index contributed by atoms with van der Waals surface area (Å²) in [4.78, 5) is 0. The number of fused-ring (bicyclic) bond motifs is 12. The number of benzene rings is 5. The molecule has 2 heteroatoms. The molecule has 0 atom stereocenters. The average Bonchev–Trinajstić information content (AvgIpc) is 3.46. The summed E-state index contributed by atoms with van der Waals surface area (Å²) in [6, 6.07) is 41.7. The van der Waals surface area contributed by atoms with Crippen LogP contribution >= 0.6 is 0 Å². The van der Waals surface area contributed by atoms with Crippen LogP contribution in [0, 0.1) is 0 Å². The van der Waals surface area contributed by atoms with E-state index in [9.17, 15) is 0 Å². The molecule has 8 aromatic rings. The number of hydrogen-bond donors (Lipinski definition) is 0. The molecule has 0 saturated heterocycles. The largest absolute Gasteiger partial charge is 0.315 e. The van der Waals surface area contributed by atoms with Gasteiger partial charge < -0.3 is 8.97 Å². The Bertz CT molecular complexity index is 2060. The molecule has 0 fully saturated rings. The second kappa shape index (κ2) is 6.49. The van der Waals surface area contributed by atoms with Crippen LogP contribution in [-0.2, 0) is 0 Å². The van der Waals surface area contributed by atoms with Gasteiger partial charge in [-0.15, -0.1) is 0 Å². The third-order valence-electron chi connectivity index (χ3n) is 7.27. The maximum absolute atomic E-state index is 2.40. The van der Waals surface area contributed by atoms with Gasteiger partial charge in [0, 0.05) is 44.2 Å². The molecule has 0 radical (unpaired) electrons. The molecule has 0 saturated carbocycles. The van der Waals surface area contributed by atoms with E-state index in [4.69, 9.17) is 0 Å². The molecule has 0 unspecified atom stereocenters. The summed E-state index contributed by atoms with van der Waals surface area (Å²) in [5.41, 5.74) is 6.18. The first kappa shape index (κ1) is 17.9. The number of rotatable bonds is 1. The summed E-state index contributed by atoms with van der Waals surface area (Å²) in [7, 11) is 0. The molecule has 3 heterocycles. The summed E-state index contributed by atoms with van der Waals surface area (Å²) < 4.78 is 4.80.